The zero-order valence-electron chi connectivity index (χ0n) is 17.4. The molecule has 1 aromatic heterocycles. The summed E-state index contributed by atoms with van der Waals surface area (Å²) in [6.45, 7) is 1.56. The monoisotopic (exact) mass is 486 g/mol. The van der Waals surface area contributed by atoms with Crippen molar-refractivity contribution in [1.29, 1.82) is 0 Å². The van der Waals surface area contributed by atoms with Crippen molar-refractivity contribution in [2.45, 2.75) is 25.6 Å². The van der Waals surface area contributed by atoms with Crippen molar-refractivity contribution in [1.82, 2.24) is 9.88 Å². The van der Waals surface area contributed by atoms with Crippen LogP contribution in [0.25, 0.3) is 16.8 Å². The van der Waals surface area contributed by atoms with E-state index in [4.69, 9.17) is 20.8 Å². The highest BCUT2D eigenvalue weighted by Crippen LogP contribution is 2.34. The van der Waals surface area contributed by atoms with Crippen molar-refractivity contribution in [3.8, 4) is 11.4 Å². The van der Waals surface area contributed by atoms with Crippen LogP contribution in [-0.4, -0.2) is 36.2 Å². The van der Waals surface area contributed by atoms with Crippen LogP contribution < -0.4 is 15.8 Å². The lowest BCUT2D eigenvalue weighted by atomic mass is 10.2. The number of ether oxygens (including phenoxy) is 2. The number of methoxy groups -OCH3 is 1. The molecule has 12 heteroatoms. The number of halogens is 4. The van der Waals surface area contributed by atoms with Crippen LogP contribution in [0.3, 0.4) is 0 Å². The van der Waals surface area contributed by atoms with Gasteiger partial charge in [-0.1, -0.05) is 11.6 Å². The number of benzene rings is 2. The molecule has 1 atom stereocenters. The first kappa shape index (κ1) is 24.2. The van der Waals surface area contributed by atoms with Gasteiger partial charge in [-0.3, -0.25) is 9.59 Å². The summed E-state index contributed by atoms with van der Waals surface area (Å²) in [4.78, 5) is 35.6. The summed E-state index contributed by atoms with van der Waals surface area (Å²) in [5, 5.41) is 2.24. The van der Waals surface area contributed by atoms with Crippen molar-refractivity contribution in [2.75, 3.05) is 13.7 Å². The largest absolute Gasteiger partial charge is 0.481 e. The molecule has 0 radical (unpaired) electrons. The highest BCUT2D eigenvalue weighted by Gasteiger charge is 2.31. The molecule has 1 unspecified atom stereocenters. The molecule has 8 nitrogen and oxygen atoms in total. The Balaban J connectivity index is 1.80. The number of carbonyl (C=O) groups is 2. The van der Waals surface area contributed by atoms with E-state index in [0.29, 0.717) is 0 Å². The molecule has 0 aliphatic carbocycles. The van der Waals surface area contributed by atoms with Gasteiger partial charge in [0.25, 0.3) is 5.91 Å². The first-order chi connectivity index (χ1) is 15.5. The van der Waals surface area contributed by atoms with Crippen molar-refractivity contribution in [3.05, 3.63) is 57.5 Å². The molecule has 1 N–H and O–H groups in total. The predicted octanol–water partition coefficient (Wildman–Crippen LogP) is 3.70. The molecule has 3 aromatic rings. The van der Waals surface area contributed by atoms with Crippen molar-refractivity contribution in [3.63, 3.8) is 0 Å². The van der Waals surface area contributed by atoms with Gasteiger partial charge < -0.3 is 19.2 Å². The van der Waals surface area contributed by atoms with Gasteiger partial charge in [0.05, 0.1) is 35.3 Å². The van der Waals surface area contributed by atoms with E-state index in [2.05, 4.69) is 10.1 Å². The van der Waals surface area contributed by atoms with Gasteiger partial charge in [0.2, 0.25) is 0 Å². The second kappa shape index (κ2) is 9.57. The molecule has 0 aliphatic rings. The van der Waals surface area contributed by atoms with Gasteiger partial charge in [-0.05, 0) is 37.3 Å². The fraction of sp³-hybridized carbons (Fsp3) is 0.286. The number of carbonyl (C=O) groups excluding carboxylic acids is 2. The van der Waals surface area contributed by atoms with Gasteiger partial charge in [0, 0.05) is 12.6 Å². The van der Waals surface area contributed by atoms with E-state index in [-0.39, 0.29) is 40.5 Å². The number of amides is 1. The Kier molecular flexibility index (Phi) is 7.01. The molecule has 0 bridgehead atoms. The molecule has 0 spiro atoms. The van der Waals surface area contributed by atoms with Crippen LogP contribution in [0.4, 0.5) is 13.2 Å². The van der Waals surface area contributed by atoms with Crippen molar-refractivity contribution >= 4 is 34.6 Å². The number of fused-ring (bicyclic) bond motifs is 1. The number of hydrogen-bond donors (Lipinski definition) is 1. The van der Waals surface area contributed by atoms with Crippen LogP contribution >= 0.6 is 11.6 Å². The third-order valence-corrected chi connectivity index (χ3v) is 4.91. The predicted molar refractivity (Wildman–Crippen MR) is 112 cm³/mol. The molecule has 3 rings (SSSR count). The Morgan fingerprint density at radius 2 is 1.94 bits per heavy atom. The molecular weight excluding hydrogens is 469 g/mol. The maximum atomic E-state index is 12.9. The number of nitrogens with zero attached hydrogens (tertiary/aromatic N) is 1. The average Bonchev–Trinajstić information content (AvgIpc) is 3.07. The minimum absolute atomic E-state index is 0.00605. The lowest BCUT2D eigenvalue weighted by Crippen LogP contribution is -2.37. The Morgan fingerprint density at radius 1 is 1.21 bits per heavy atom. The standard InChI is InChI=1S/C21H18ClF3N2O6/c1-11(19(29)26-8-7-18(28)31-2)32-13-4-6-16-17(10-13)33-20(30)27(16)15-5-3-12(9-14(15)22)21(23,24)25/h3-6,9-11H,7-8H2,1-2H3,(H,26,29). The number of hydrogen-bond acceptors (Lipinski definition) is 6. The summed E-state index contributed by atoms with van der Waals surface area (Å²) in [5.41, 5.74) is -0.622. The topological polar surface area (TPSA) is 99.8 Å². The normalized spacial score (nSPS) is 12.4. The molecule has 2 aromatic carbocycles. The number of rotatable bonds is 7. The summed E-state index contributed by atoms with van der Waals surface area (Å²) < 4.78 is 54.9. The number of aromatic nitrogens is 1. The van der Waals surface area contributed by atoms with E-state index in [9.17, 15) is 27.6 Å². The molecule has 0 aliphatic heterocycles. The van der Waals surface area contributed by atoms with Gasteiger partial charge in [-0.15, -0.1) is 0 Å². The minimum atomic E-state index is -4.58. The fourth-order valence-corrected chi connectivity index (χ4v) is 3.22. The van der Waals surface area contributed by atoms with E-state index in [1.165, 1.54) is 32.2 Å². The van der Waals surface area contributed by atoms with Crippen molar-refractivity contribution in [2.24, 2.45) is 0 Å². The molecule has 0 fully saturated rings. The second-order valence-electron chi connectivity index (χ2n) is 6.87. The Hall–Kier alpha value is -3.47. The van der Waals surface area contributed by atoms with Gasteiger partial charge >= 0.3 is 17.9 Å². The molecule has 0 saturated heterocycles. The quantitative estimate of drug-likeness (QED) is 0.511. The summed E-state index contributed by atoms with van der Waals surface area (Å²) >= 11 is 6.01. The second-order valence-corrected chi connectivity index (χ2v) is 7.28. The third kappa shape index (κ3) is 5.48. The molecule has 33 heavy (non-hydrogen) atoms. The summed E-state index contributed by atoms with van der Waals surface area (Å²) in [6.07, 6.45) is -5.51. The molecule has 1 amide bonds. The van der Waals surface area contributed by atoms with Crippen LogP contribution in [0.1, 0.15) is 18.9 Å². The summed E-state index contributed by atoms with van der Waals surface area (Å²) in [7, 11) is 1.24. The van der Waals surface area contributed by atoms with Crippen LogP contribution in [0, 0.1) is 0 Å². The van der Waals surface area contributed by atoms with Crippen LogP contribution in [0.15, 0.2) is 45.6 Å². The third-order valence-electron chi connectivity index (χ3n) is 4.61. The highest BCUT2D eigenvalue weighted by atomic mass is 35.5. The SMILES string of the molecule is COC(=O)CCNC(=O)C(C)Oc1ccc2c(c1)oc(=O)n2-c1ccc(C(F)(F)F)cc1Cl. The highest BCUT2D eigenvalue weighted by molar-refractivity contribution is 6.32. The van der Waals surface area contributed by atoms with Crippen molar-refractivity contribution < 1.29 is 36.7 Å². The van der Waals surface area contributed by atoms with E-state index in [1.807, 2.05) is 0 Å². The zero-order chi connectivity index (χ0) is 24.3. The number of oxazole rings is 1. The number of nitrogens with one attached hydrogen (secondary N) is 1. The summed E-state index contributed by atoms with van der Waals surface area (Å²) in [6, 6.07) is 6.89. The van der Waals surface area contributed by atoms with Gasteiger partial charge in [-0.25, -0.2) is 9.36 Å². The Bertz CT molecular complexity index is 1250. The first-order valence-corrected chi connectivity index (χ1v) is 9.93. The Labute approximate surface area is 189 Å². The zero-order valence-corrected chi connectivity index (χ0v) is 18.1. The molecule has 176 valence electrons. The van der Waals surface area contributed by atoms with Gasteiger partial charge in [0.15, 0.2) is 11.7 Å². The number of alkyl halides is 3. The summed E-state index contributed by atoms with van der Waals surface area (Å²) in [5.74, 6) is -1.61. The first-order valence-electron chi connectivity index (χ1n) is 9.55. The Morgan fingerprint density at radius 3 is 2.58 bits per heavy atom. The van der Waals surface area contributed by atoms with Gasteiger partial charge in [-0.2, -0.15) is 13.2 Å². The molecular formula is C21H18ClF3N2O6. The molecule has 1 heterocycles. The lowest BCUT2D eigenvalue weighted by molar-refractivity contribution is -0.140. The number of esters is 1. The van der Waals surface area contributed by atoms with E-state index in [0.717, 1.165) is 22.8 Å². The van der Waals surface area contributed by atoms with E-state index in [1.54, 1.807) is 0 Å². The van der Waals surface area contributed by atoms with Crippen LogP contribution in [-0.2, 0) is 20.5 Å². The van der Waals surface area contributed by atoms with E-state index < -0.39 is 35.5 Å². The lowest BCUT2D eigenvalue weighted by Gasteiger charge is -2.14. The smallest absolute Gasteiger partial charge is 0.424 e. The van der Waals surface area contributed by atoms with Gasteiger partial charge in [0.1, 0.15) is 5.75 Å². The van der Waals surface area contributed by atoms with E-state index >= 15 is 0 Å². The molecule has 0 saturated carbocycles. The van der Waals surface area contributed by atoms with Crippen LogP contribution in [0.2, 0.25) is 5.02 Å². The minimum Gasteiger partial charge on any atom is -0.481 e. The maximum Gasteiger partial charge on any atom is 0.424 e. The average molecular weight is 487 g/mol. The maximum absolute atomic E-state index is 12.9. The van der Waals surface area contributed by atoms with Crippen LogP contribution in [0.5, 0.6) is 5.75 Å². The fourth-order valence-electron chi connectivity index (χ4n) is 2.96.